The molecule has 36 heavy (non-hydrogen) atoms. The third-order valence-electron chi connectivity index (χ3n) is 6.71. The number of fused-ring (bicyclic) bond motifs is 1. The second-order valence-electron chi connectivity index (χ2n) is 8.77. The lowest BCUT2D eigenvalue weighted by molar-refractivity contribution is -0.136. The van der Waals surface area contributed by atoms with E-state index in [0.717, 1.165) is 36.1 Å². The number of benzene rings is 1. The Hall–Kier alpha value is -2.82. The normalized spacial score (nSPS) is 20.2. The number of nitrogens with zero attached hydrogens (tertiary/aromatic N) is 4. The van der Waals surface area contributed by atoms with Crippen LogP contribution in [0.15, 0.2) is 51.6 Å². The highest BCUT2D eigenvalue weighted by molar-refractivity contribution is 8.16. The van der Waals surface area contributed by atoms with Crippen molar-refractivity contribution >= 4 is 28.8 Å². The number of piperazine rings is 1. The van der Waals surface area contributed by atoms with Crippen molar-refractivity contribution in [3.8, 4) is 5.75 Å². The van der Waals surface area contributed by atoms with Gasteiger partial charge in [0.2, 0.25) is 5.91 Å². The van der Waals surface area contributed by atoms with Crippen molar-refractivity contribution in [1.29, 1.82) is 0 Å². The second kappa shape index (κ2) is 11.9. The van der Waals surface area contributed by atoms with E-state index in [-0.39, 0.29) is 12.3 Å². The van der Waals surface area contributed by atoms with Gasteiger partial charge >= 0.3 is 5.97 Å². The van der Waals surface area contributed by atoms with E-state index in [0.29, 0.717) is 43.1 Å². The van der Waals surface area contributed by atoms with Gasteiger partial charge in [-0.2, -0.15) is 0 Å². The van der Waals surface area contributed by atoms with Crippen molar-refractivity contribution in [2.75, 3.05) is 60.7 Å². The third kappa shape index (κ3) is 5.45. The highest BCUT2D eigenvalue weighted by Gasteiger charge is 2.42. The van der Waals surface area contributed by atoms with Crippen LogP contribution in [0, 0.1) is 0 Å². The molecule has 1 aromatic rings. The van der Waals surface area contributed by atoms with E-state index in [1.165, 1.54) is 18.9 Å². The number of amides is 1. The lowest BCUT2D eigenvalue weighted by Gasteiger charge is -2.38. The summed E-state index contributed by atoms with van der Waals surface area (Å²) in [5.41, 5.74) is 2.89. The molecule has 3 aliphatic heterocycles. The first kappa shape index (κ1) is 26.2. The van der Waals surface area contributed by atoms with Gasteiger partial charge in [0.15, 0.2) is 5.17 Å². The number of esters is 1. The van der Waals surface area contributed by atoms with Crippen LogP contribution in [0.2, 0.25) is 0 Å². The second-order valence-corrected chi connectivity index (χ2v) is 9.60. The minimum Gasteiger partial charge on any atom is -0.497 e. The number of ether oxygens (including phenoxy) is 3. The van der Waals surface area contributed by atoms with Crippen molar-refractivity contribution in [1.82, 2.24) is 14.7 Å². The van der Waals surface area contributed by atoms with Gasteiger partial charge in [-0.3, -0.25) is 9.69 Å². The molecule has 3 heterocycles. The molecule has 0 bridgehead atoms. The van der Waals surface area contributed by atoms with Crippen molar-refractivity contribution in [2.45, 2.75) is 25.8 Å². The van der Waals surface area contributed by atoms with Crippen LogP contribution < -0.4 is 4.74 Å². The number of hydrogen-bond donors (Lipinski definition) is 0. The van der Waals surface area contributed by atoms with Gasteiger partial charge in [0.1, 0.15) is 5.75 Å². The first-order chi connectivity index (χ1) is 17.5. The van der Waals surface area contributed by atoms with Gasteiger partial charge in [-0.1, -0.05) is 30.8 Å². The Kier molecular flexibility index (Phi) is 8.71. The van der Waals surface area contributed by atoms with Crippen LogP contribution in [-0.2, 0) is 19.1 Å². The molecule has 0 aliphatic carbocycles. The highest BCUT2D eigenvalue weighted by atomic mass is 32.2. The van der Waals surface area contributed by atoms with Crippen molar-refractivity contribution in [3.63, 3.8) is 0 Å². The average molecular weight is 515 g/mol. The number of rotatable bonds is 9. The zero-order valence-corrected chi connectivity index (χ0v) is 22.2. The SMILES string of the molecule is CCC1=C(C(=O)OC)[C@@H](c2cccc(OC)c2)N2C(CC(=O)N3CCN(CCOC)CC3)=CSC2=N1. The van der Waals surface area contributed by atoms with Crippen molar-refractivity contribution in [3.05, 3.63) is 52.2 Å². The smallest absolute Gasteiger partial charge is 0.338 e. The van der Waals surface area contributed by atoms with Gasteiger partial charge in [-0.05, 0) is 29.5 Å². The molecule has 1 atom stereocenters. The number of methoxy groups -OCH3 is 3. The molecule has 10 heteroatoms. The van der Waals surface area contributed by atoms with E-state index in [2.05, 4.69) is 4.90 Å². The van der Waals surface area contributed by atoms with Gasteiger partial charge in [-0.25, -0.2) is 9.79 Å². The number of amidine groups is 1. The number of allylic oxidation sites excluding steroid dienone is 1. The fraction of sp³-hybridized carbons (Fsp3) is 0.500. The molecular weight excluding hydrogens is 480 g/mol. The molecule has 0 saturated carbocycles. The lowest BCUT2D eigenvalue weighted by Crippen LogP contribution is -2.49. The van der Waals surface area contributed by atoms with Crippen LogP contribution in [0.3, 0.4) is 0 Å². The molecule has 1 fully saturated rings. The van der Waals surface area contributed by atoms with Crippen LogP contribution in [0.1, 0.15) is 31.4 Å². The zero-order valence-electron chi connectivity index (χ0n) is 21.4. The summed E-state index contributed by atoms with van der Waals surface area (Å²) < 4.78 is 15.8. The molecule has 194 valence electrons. The Labute approximate surface area is 216 Å². The van der Waals surface area contributed by atoms with E-state index in [4.69, 9.17) is 19.2 Å². The summed E-state index contributed by atoms with van der Waals surface area (Å²) in [4.78, 5) is 37.4. The molecular formula is C26H34N4O5S. The van der Waals surface area contributed by atoms with E-state index in [1.54, 1.807) is 14.2 Å². The van der Waals surface area contributed by atoms with Gasteiger partial charge in [0.25, 0.3) is 0 Å². The Morgan fingerprint density at radius 2 is 1.92 bits per heavy atom. The Morgan fingerprint density at radius 1 is 1.14 bits per heavy atom. The molecule has 1 aromatic carbocycles. The number of thioether (sulfide) groups is 1. The largest absolute Gasteiger partial charge is 0.497 e. The summed E-state index contributed by atoms with van der Waals surface area (Å²) in [6.45, 7) is 6.59. The Bertz CT molecular complexity index is 1080. The van der Waals surface area contributed by atoms with Gasteiger partial charge < -0.3 is 24.0 Å². The van der Waals surface area contributed by atoms with E-state index in [9.17, 15) is 9.59 Å². The minimum absolute atomic E-state index is 0.0729. The van der Waals surface area contributed by atoms with Gasteiger partial charge in [0.05, 0.1) is 44.6 Å². The van der Waals surface area contributed by atoms with Crippen LogP contribution in [0.5, 0.6) is 5.75 Å². The average Bonchev–Trinajstić information content (AvgIpc) is 3.32. The molecule has 0 unspecified atom stereocenters. The van der Waals surface area contributed by atoms with Crippen molar-refractivity contribution in [2.24, 2.45) is 4.99 Å². The number of aliphatic imine (C=N–C) groups is 1. The lowest BCUT2D eigenvalue weighted by atomic mass is 9.92. The summed E-state index contributed by atoms with van der Waals surface area (Å²) in [6, 6.07) is 7.20. The molecule has 3 aliphatic rings. The minimum atomic E-state index is -0.463. The number of hydrogen-bond acceptors (Lipinski definition) is 9. The van der Waals surface area contributed by atoms with Crippen LogP contribution in [0.4, 0.5) is 0 Å². The fourth-order valence-corrected chi connectivity index (χ4v) is 5.68. The van der Waals surface area contributed by atoms with Crippen LogP contribution in [-0.4, -0.2) is 92.4 Å². The number of carbonyl (C=O) groups excluding carboxylic acids is 2. The van der Waals surface area contributed by atoms with Gasteiger partial charge in [-0.15, -0.1) is 0 Å². The Balaban J connectivity index is 1.59. The van der Waals surface area contributed by atoms with E-state index in [1.807, 2.05) is 46.4 Å². The quantitative estimate of drug-likeness (QED) is 0.465. The molecule has 1 saturated heterocycles. The molecule has 9 nitrogen and oxygen atoms in total. The summed E-state index contributed by atoms with van der Waals surface area (Å²) >= 11 is 1.48. The number of carbonyl (C=O) groups is 2. The molecule has 1 amide bonds. The maximum absolute atomic E-state index is 13.3. The maximum atomic E-state index is 13.3. The Morgan fingerprint density at radius 3 is 2.58 bits per heavy atom. The summed E-state index contributed by atoms with van der Waals surface area (Å²) in [6.07, 6.45) is 0.824. The maximum Gasteiger partial charge on any atom is 0.338 e. The topological polar surface area (TPSA) is 83.9 Å². The zero-order chi connectivity index (χ0) is 25.7. The molecule has 0 spiro atoms. The molecule has 0 radical (unpaired) electrons. The molecule has 0 aromatic heterocycles. The monoisotopic (exact) mass is 514 g/mol. The molecule has 0 N–H and O–H groups in total. The highest BCUT2D eigenvalue weighted by Crippen LogP contribution is 2.46. The van der Waals surface area contributed by atoms with Crippen LogP contribution >= 0.6 is 11.8 Å². The summed E-state index contributed by atoms with van der Waals surface area (Å²) in [5, 5.41) is 2.74. The summed E-state index contributed by atoms with van der Waals surface area (Å²) in [7, 11) is 4.70. The fourth-order valence-electron chi connectivity index (χ4n) is 4.75. The van der Waals surface area contributed by atoms with Gasteiger partial charge in [0, 0.05) is 45.5 Å². The summed E-state index contributed by atoms with van der Waals surface area (Å²) in [5.74, 6) is 0.347. The van der Waals surface area contributed by atoms with Crippen molar-refractivity contribution < 1.29 is 23.8 Å². The molecule has 4 rings (SSSR count). The van der Waals surface area contributed by atoms with Crippen LogP contribution in [0.25, 0.3) is 0 Å². The van der Waals surface area contributed by atoms with E-state index >= 15 is 0 Å². The predicted molar refractivity (Wildman–Crippen MR) is 140 cm³/mol. The predicted octanol–water partition coefficient (Wildman–Crippen LogP) is 3.01. The standard InChI is InChI=1S/C26H34N4O5S/c1-5-21-23(25(32)35-4)24(18-7-6-8-20(15-18)34-3)30-19(17-36-26(30)27-21)16-22(31)29-11-9-28(10-12-29)13-14-33-2/h6-8,15,17,24H,5,9-14,16H2,1-4H3/t24-/m1/s1. The van der Waals surface area contributed by atoms with E-state index < -0.39 is 12.0 Å². The first-order valence-corrected chi connectivity index (χ1v) is 13.1. The third-order valence-corrected chi connectivity index (χ3v) is 7.60. The first-order valence-electron chi connectivity index (χ1n) is 12.2.